The van der Waals surface area contributed by atoms with Gasteiger partial charge in [-0.3, -0.25) is 14.6 Å². The first-order chi connectivity index (χ1) is 11.1. The summed E-state index contributed by atoms with van der Waals surface area (Å²) in [5, 5.41) is 2.87. The molecular weight excluding hydrogens is 290 g/mol. The Morgan fingerprint density at radius 1 is 1.04 bits per heavy atom. The molecule has 23 heavy (non-hydrogen) atoms. The molecule has 0 aliphatic rings. The zero-order valence-electron chi connectivity index (χ0n) is 13.2. The van der Waals surface area contributed by atoms with E-state index in [9.17, 15) is 9.59 Å². The maximum absolute atomic E-state index is 11.9. The number of aromatic nitrogens is 1. The summed E-state index contributed by atoms with van der Waals surface area (Å²) in [5.41, 5.74) is 2.06. The predicted octanol–water partition coefficient (Wildman–Crippen LogP) is 2.14. The Morgan fingerprint density at radius 2 is 1.74 bits per heavy atom. The van der Waals surface area contributed by atoms with E-state index in [1.165, 1.54) is 6.92 Å². The second-order valence-corrected chi connectivity index (χ2v) is 5.31. The number of rotatable bonds is 7. The quantitative estimate of drug-likeness (QED) is 0.852. The molecule has 0 spiro atoms. The van der Waals surface area contributed by atoms with Crippen LogP contribution in [0.1, 0.15) is 24.5 Å². The SMILES string of the molecule is CC(=O)N(CCC(=O)NCc1ccccc1)Cc1ccncc1. The molecule has 0 saturated carbocycles. The van der Waals surface area contributed by atoms with Crippen molar-refractivity contribution in [1.29, 1.82) is 0 Å². The number of carbonyl (C=O) groups excluding carboxylic acids is 2. The zero-order valence-corrected chi connectivity index (χ0v) is 13.2. The Kier molecular flexibility index (Phi) is 6.29. The lowest BCUT2D eigenvalue weighted by molar-refractivity contribution is -0.130. The average Bonchev–Trinajstić information content (AvgIpc) is 2.58. The fraction of sp³-hybridized carbons (Fsp3) is 0.278. The highest BCUT2D eigenvalue weighted by atomic mass is 16.2. The van der Waals surface area contributed by atoms with Crippen molar-refractivity contribution in [3.8, 4) is 0 Å². The number of pyridine rings is 1. The van der Waals surface area contributed by atoms with Gasteiger partial charge < -0.3 is 10.2 Å². The van der Waals surface area contributed by atoms with Crippen LogP contribution in [0.15, 0.2) is 54.9 Å². The Bertz CT molecular complexity index is 629. The molecule has 0 unspecified atom stereocenters. The van der Waals surface area contributed by atoms with Gasteiger partial charge in [-0.25, -0.2) is 0 Å². The predicted molar refractivity (Wildman–Crippen MR) is 88.2 cm³/mol. The number of nitrogens with zero attached hydrogens (tertiary/aromatic N) is 2. The van der Waals surface area contributed by atoms with E-state index in [4.69, 9.17) is 0 Å². The van der Waals surface area contributed by atoms with Gasteiger partial charge in [0.1, 0.15) is 0 Å². The third-order valence-corrected chi connectivity index (χ3v) is 3.51. The highest BCUT2D eigenvalue weighted by Crippen LogP contribution is 2.05. The molecule has 0 saturated heterocycles. The first-order valence-electron chi connectivity index (χ1n) is 7.60. The van der Waals surface area contributed by atoms with Gasteiger partial charge in [-0.05, 0) is 23.3 Å². The van der Waals surface area contributed by atoms with Crippen LogP contribution in [0.2, 0.25) is 0 Å². The minimum absolute atomic E-state index is 0.0438. The maximum atomic E-state index is 11.9. The summed E-state index contributed by atoms with van der Waals surface area (Å²) in [7, 11) is 0. The summed E-state index contributed by atoms with van der Waals surface area (Å²) in [5.74, 6) is -0.104. The third kappa shape index (κ3) is 5.90. The second kappa shape index (κ2) is 8.68. The van der Waals surface area contributed by atoms with Gasteiger partial charge in [0.05, 0.1) is 0 Å². The van der Waals surface area contributed by atoms with Gasteiger partial charge in [-0.1, -0.05) is 30.3 Å². The Hall–Kier alpha value is -2.69. The molecule has 0 bridgehead atoms. The van der Waals surface area contributed by atoms with E-state index < -0.39 is 0 Å². The van der Waals surface area contributed by atoms with Gasteiger partial charge in [-0.2, -0.15) is 0 Å². The molecule has 2 rings (SSSR count). The zero-order chi connectivity index (χ0) is 16.5. The lowest BCUT2D eigenvalue weighted by atomic mass is 10.2. The standard InChI is InChI=1S/C18H21N3O2/c1-15(22)21(14-17-7-10-19-11-8-17)12-9-18(23)20-13-16-5-3-2-4-6-16/h2-8,10-11H,9,12-14H2,1H3,(H,20,23). The molecule has 5 nitrogen and oxygen atoms in total. The lowest BCUT2D eigenvalue weighted by Crippen LogP contribution is -2.33. The molecule has 2 aromatic rings. The van der Waals surface area contributed by atoms with Crippen molar-refractivity contribution in [3.05, 3.63) is 66.0 Å². The van der Waals surface area contributed by atoms with Crippen LogP contribution in [0.3, 0.4) is 0 Å². The molecule has 1 aromatic carbocycles. The molecule has 0 atom stereocenters. The van der Waals surface area contributed by atoms with Crippen molar-refractivity contribution in [3.63, 3.8) is 0 Å². The number of hydrogen-bond donors (Lipinski definition) is 1. The van der Waals surface area contributed by atoms with Gasteiger partial charge in [0.25, 0.3) is 0 Å². The molecule has 0 fully saturated rings. The van der Waals surface area contributed by atoms with Crippen LogP contribution in [0, 0.1) is 0 Å². The topological polar surface area (TPSA) is 62.3 Å². The molecule has 120 valence electrons. The molecule has 0 aliphatic heterocycles. The Balaban J connectivity index is 1.79. The first-order valence-corrected chi connectivity index (χ1v) is 7.60. The monoisotopic (exact) mass is 311 g/mol. The minimum atomic E-state index is -0.0603. The van der Waals surface area contributed by atoms with Gasteiger partial charge in [0, 0.05) is 45.4 Å². The van der Waals surface area contributed by atoms with Gasteiger partial charge >= 0.3 is 0 Å². The normalized spacial score (nSPS) is 10.1. The van der Waals surface area contributed by atoms with Crippen LogP contribution >= 0.6 is 0 Å². The summed E-state index contributed by atoms with van der Waals surface area (Å²) in [6.45, 7) is 2.91. The van der Waals surface area contributed by atoms with Gasteiger partial charge in [0.2, 0.25) is 11.8 Å². The molecule has 1 heterocycles. The number of amides is 2. The maximum Gasteiger partial charge on any atom is 0.222 e. The van der Waals surface area contributed by atoms with Crippen molar-refractivity contribution < 1.29 is 9.59 Å². The van der Waals surface area contributed by atoms with Gasteiger partial charge in [0.15, 0.2) is 0 Å². The lowest BCUT2D eigenvalue weighted by Gasteiger charge is -2.20. The minimum Gasteiger partial charge on any atom is -0.352 e. The van der Waals surface area contributed by atoms with Crippen molar-refractivity contribution in [2.45, 2.75) is 26.4 Å². The van der Waals surface area contributed by atoms with E-state index in [-0.39, 0.29) is 18.2 Å². The molecule has 2 amide bonds. The highest BCUT2D eigenvalue weighted by molar-refractivity contribution is 5.78. The number of nitrogens with one attached hydrogen (secondary N) is 1. The summed E-state index contributed by atoms with van der Waals surface area (Å²) in [6.07, 6.45) is 3.68. The van der Waals surface area contributed by atoms with E-state index in [0.29, 0.717) is 19.6 Å². The summed E-state index contributed by atoms with van der Waals surface area (Å²) in [4.78, 5) is 29.3. The van der Waals surface area contributed by atoms with Crippen LogP contribution < -0.4 is 5.32 Å². The number of hydrogen-bond acceptors (Lipinski definition) is 3. The summed E-state index contributed by atoms with van der Waals surface area (Å²) < 4.78 is 0. The molecule has 5 heteroatoms. The van der Waals surface area contributed by atoms with Crippen molar-refractivity contribution in [2.75, 3.05) is 6.54 Å². The number of carbonyl (C=O) groups is 2. The second-order valence-electron chi connectivity index (χ2n) is 5.31. The Morgan fingerprint density at radius 3 is 2.39 bits per heavy atom. The third-order valence-electron chi connectivity index (χ3n) is 3.51. The Labute approximate surface area is 136 Å². The van der Waals surface area contributed by atoms with Crippen molar-refractivity contribution in [2.24, 2.45) is 0 Å². The molecule has 1 N–H and O–H groups in total. The molecule has 0 radical (unpaired) electrons. The average molecular weight is 311 g/mol. The number of benzene rings is 1. The van der Waals surface area contributed by atoms with Crippen LogP contribution in [-0.4, -0.2) is 28.2 Å². The summed E-state index contributed by atoms with van der Waals surface area (Å²) in [6, 6.07) is 13.5. The van der Waals surface area contributed by atoms with E-state index in [2.05, 4.69) is 10.3 Å². The van der Waals surface area contributed by atoms with E-state index in [0.717, 1.165) is 11.1 Å². The smallest absolute Gasteiger partial charge is 0.222 e. The van der Waals surface area contributed by atoms with E-state index in [1.54, 1.807) is 17.3 Å². The largest absolute Gasteiger partial charge is 0.352 e. The van der Waals surface area contributed by atoms with E-state index in [1.807, 2.05) is 42.5 Å². The molecular formula is C18H21N3O2. The van der Waals surface area contributed by atoms with Crippen molar-refractivity contribution in [1.82, 2.24) is 15.2 Å². The van der Waals surface area contributed by atoms with E-state index >= 15 is 0 Å². The molecule has 0 aliphatic carbocycles. The first kappa shape index (κ1) is 16.7. The van der Waals surface area contributed by atoms with Crippen molar-refractivity contribution >= 4 is 11.8 Å². The fourth-order valence-electron chi connectivity index (χ4n) is 2.18. The highest BCUT2D eigenvalue weighted by Gasteiger charge is 2.11. The van der Waals surface area contributed by atoms with Crippen LogP contribution in [0.25, 0.3) is 0 Å². The van der Waals surface area contributed by atoms with Crippen LogP contribution in [0.5, 0.6) is 0 Å². The van der Waals surface area contributed by atoms with Gasteiger partial charge in [-0.15, -0.1) is 0 Å². The van der Waals surface area contributed by atoms with Crippen LogP contribution in [0.4, 0.5) is 0 Å². The fourth-order valence-corrected chi connectivity index (χ4v) is 2.18. The molecule has 1 aromatic heterocycles. The summed E-state index contributed by atoms with van der Waals surface area (Å²) >= 11 is 0. The van der Waals surface area contributed by atoms with Crippen LogP contribution in [-0.2, 0) is 22.7 Å².